The zero-order valence-corrected chi connectivity index (χ0v) is 34.6. The zero-order valence-electron chi connectivity index (χ0n) is 34.6. The number of nitrogens with zero attached hydrogens (tertiary/aromatic N) is 5. The zero-order chi connectivity index (χ0) is 42.1. The van der Waals surface area contributed by atoms with E-state index in [4.69, 9.17) is 15.0 Å². The molecule has 5 nitrogen and oxygen atoms in total. The van der Waals surface area contributed by atoms with Crippen LogP contribution >= 0.6 is 0 Å². The van der Waals surface area contributed by atoms with Gasteiger partial charge in [-0.25, -0.2) is 15.0 Å². The van der Waals surface area contributed by atoms with Gasteiger partial charge in [0.25, 0.3) is 0 Å². The van der Waals surface area contributed by atoms with Crippen molar-refractivity contribution in [2.24, 2.45) is 0 Å². The van der Waals surface area contributed by atoms with E-state index in [1.807, 2.05) is 30.3 Å². The molecule has 10 aromatic carbocycles. The molecular formula is C59H37N5. The van der Waals surface area contributed by atoms with Crippen molar-refractivity contribution >= 4 is 65.2 Å². The number of hydrogen-bond acceptors (Lipinski definition) is 3. The van der Waals surface area contributed by atoms with Crippen LogP contribution in [0.2, 0.25) is 0 Å². The van der Waals surface area contributed by atoms with E-state index in [-0.39, 0.29) is 0 Å². The van der Waals surface area contributed by atoms with Crippen LogP contribution in [-0.4, -0.2) is 24.1 Å². The van der Waals surface area contributed by atoms with Gasteiger partial charge in [0, 0.05) is 49.5 Å². The molecule has 0 bridgehead atoms. The van der Waals surface area contributed by atoms with Crippen LogP contribution in [0.4, 0.5) is 0 Å². The maximum Gasteiger partial charge on any atom is 0.164 e. The van der Waals surface area contributed by atoms with Gasteiger partial charge in [0.2, 0.25) is 0 Å². The van der Waals surface area contributed by atoms with Gasteiger partial charge >= 0.3 is 0 Å². The maximum atomic E-state index is 5.11. The molecular weight excluding hydrogens is 779 g/mol. The van der Waals surface area contributed by atoms with Crippen molar-refractivity contribution in [3.8, 4) is 56.7 Å². The summed E-state index contributed by atoms with van der Waals surface area (Å²) in [5, 5.41) is 9.70. The lowest BCUT2D eigenvalue weighted by Crippen LogP contribution is -2.00. The molecule has 0 N–H and O–H groups in total. The smallest absolute Gasteiger partial charge is 0.164 e. The van der Waals surface area contributed by atoms with Gasteiger partial charge in [0.05, 0.1) is 27.8 Å². The topological polar surface area (TPSA) is 48.5 Å². The van der Waals surface area contributed by atoms with Crippen LogP contribution in [0.5, 0.6) is 0 Å². The van der Waals surface area contributed by atoms with Gasteiger partial charge in [-0.1, -0.05) is 164 Å². The minimum absolute atomic E-state index is 0.626. The number of hydrogen-bond donors (Lipinski definition) is 0. The molecule has 5 heteroatoms. The van der Waals surface area contributed by atoms with E-state index in [0.29, 0.717) is 17.5 Å². The van der Waals surface area contributed by atoms with E-state index in [1.165, 1.54) is 54.3 Å². The maximum absolute atomic E-state index is 5.11. The fraction of sp³-hybridized carbons (Fsp3) is 0. The Hall–Kier alpha value is -8.67. The van der Waals surface area contributed by atoms with E-state index in [9.17, 15) is 0 Å². The van der Waals surface area contributed by atoms with Crippen molar-refractivity contribution in [3.63, 3.8) is 0 Å². The Morgan fingerprint density at radius 1 is 0.281 bits per heavy atom. The lowest BCUT2D eigenvalue weighted by molar-refractivity contribution is 1.07. The van der Waals surface area contributed by atoms with E-state index in [1.54, 1.807) is 0 Å². The third kappa shape index (κ3) is 5.75. The number of benzene rings is 10. The Bertz CT molecular complexity index is 3940. The summed E-state index contributed by atoms with van der Waals surface area (Å²) in [5.74, 6) is 1.91. The van der Waals surface area contributed by atoms with Gasteiger partial charge in [-0.05, 0) is 87.8 Å². The summed E-state index contributed by atoms with van der Waals surface area (Å²) < 4.78 is 4.88. The second kappa shape index (κ2) is 14.5. The van der Waals surface area contributed by atoms with Crippen LogP contribution in [0, 0.1) is 0 Å². The van der Waals surface area contributed by atoms with Gasteiger partial charge in [0.1, 0.15) is 0 Å². The summed E-state index contributed by atoms with van der Waals surface area (Å²) in [6.07, 6.45) is 0. The quantitative estimate of drug-likeness (QED) is 0.168. The number of aromatic nitrogens is 5. The Morgan fingerprint density at radius 3 is 1.62 bits per heavy atom. The average Bonchev–Trinajstić information content (AvgIpc) is 3.88. The number of fused-ring (bicyclic) bond motifs is 9. The molecule has 0 aliphatic heterocycles. The molecule has 0 atom stereocenters. The lowest BCUT2D eigenvalue weighted by Gasteiger charge is -2.15. The SMILES string of the molecule is c1ccc(-c2nc(-c3ccc(-n4c5ccccc5c5cc6c7c8ccccc8ccc7n(-c7ccccc7-c7ccccc7)c6cc54)cc3)nc(-c3ccc4ccccc4c3)n2)cc1. The Morgan fingerprint density at radius 2 is 0.844 bits per heavy atom. The molecule has 64 heavy (non-hydrogen) atoms. The molecule has 0 aliphatic rings. The Kier molecular flexibility index (Phi) is 8.15. The molecule has 13 rings (SSSR count). The molecule has 0 unspecified atom stereocenters. The highest BCUT2D eigenvalue weighted by Crippen LogP contribution is 2.43. The number of para-hydroxylation sites is 2. The molecule has 3 aromatic heterocycles. The second-order valence-corrected chi connectivity index (χ2v) is 16.4. The van der Waals surface area contributed by atoms with Gasteiger partial charge in [-0.2, -0.15) is 0 Å². The van der Waals surface area contributed by atoms with Gasteiger partial charge in [-0.15, -0.1) is 0 Å². The van der Waals surface area contributed by atoms with Crippen molar-refractivity contribution in [1.82, 2.24) is 24.1 Å². The van der Waals surface area contributed by atoms with Crippen LogP contribution in [0.3, 0.4) is 0 Å². The monoisotopic (exact) mass is 815 g/mol. The number of rotatable bonds is 6. The molecule has 3 heterocycles. The summed E-state index contributed by atoms with van der Waals surface area (Å²) in [6, 6.07) is 80.0. The second-order valence-electron chi connectivity index (χ2n) is 16.4. The van der Waals surface area contributed by atoms with Crippen molar-refractivity contribution < 1.29 is 0 Å². The minimum atomic E-state index is 0.626. The molecule has 0 aliphatic carbocycles. The first-order valence-electron chi connectivity index (χ1n) is 21.7. The Labute approximate surface area is 368 Å². The summed E-state index contributed by atoms with van der Waals surface area (Å²) in [6.45, 7) is 0. The third-order valence-corrected chi connectivity index (χ3v) is 12.7. The first-order chi connectivity index (χ1) is 31.7. The minimum Gasteiger partial charge on any atom is -0.309 e. The van der Waals surface area contributed by atoms with Gasteiger partial charge in [-0.3, -0.25) is 0 Å². The summed E-state index contributed by atoms with van der Waals surface area (Å²) in [5.41, 5.74) is 12.0. The average molecular weight is 816 g/mol. The van der Waals surface area contributed by atoms with Crippen LogP contribution in [0.15, 0.2) is 224 Å². The van der Waals surface area contributed by atoms with Crippen molar-refractivity contribution in [2.75, 3.05) is 0 Å². The van der Waals surface area contributed by atoms with Crippen molar-refractivity contribution in [2.45, 2.75) is 0 Å². The molecule has 13 aromatic rings. The van der Waals surface area contributed by atoms with Gasteiger partial charge in [0.15, 0.2) is 17.5 Å². The normalized spacial score (nSPS) is 11.8. The first kappa shape index (κ1) is 36.0. The summed E-state index contributed by atoms with van der Waals surface area (Å²) in [4.78, 5) is 15.2. The van der Waals surface area contributed by atoms with Crippen LogP contribution in [-0.2, 0) is 0 Å². The van der Waals surface area contributed by atoms with Crippen LogP contribution in [0.1, 0.15) is 0 Å². The highest BCUT2D eigenvalue weighted by Gasteiger charge is 2.22. The third-order valence-electron chi connectivity index (χ3n) is 12.7. The molecule has 0 amide bonds. The summed E-state index contributed by atoms with van der Waals surface area (Å²) in [7, 11) is 0. The first-order valence-corrected chi connectivity index (χ1v) is 21.7. The van der Waals surface area contributed by atoms with Gasteiger partial charge < -0.3 is 9.13 Å². The van der Waals surface area contributed by atoms with Crippen LogP contribution < -0.4 is 0 Å². The molecule has 0 saturated carbocycles. The van der Waals surface area contributed by atoms with E-state index >= 15 is 0 Å². The highest BCUT2D eigenvalue weighted by molar-refractivity contribution is 6.25. The predicted octanol–water partition coefficient (Wildman–Crippen LogP) is 15.0. The highest BCUT2D eigenvalue weighted by atomic mass is 15.0. The largest absolute Gasteiger partial charge is 0.309 e. The van der Waals surface area contributed by atoms with Crippen molar-refractivity contribution in [1.29, 1.82) is 0 Å². The molecule has 0 fully saturated rings. The fourth-order valence-electron chi connectivity index (χ4n) is 9.76. The Balaban J connectivity index is 1.02. The standard InChI is InChI=1S/C59H37N5/c1-3-16-39(17-4-1)46-22-11-13-25-51(46)64-53-34-31-40-18-9-10-23-47(40)56(53)50-36-49-48-24-12-14-26-52(48)63(54(49)37-55(50)64)45-32-29-42(30-33-45)58-60-57(41-19-5-2-6-20-41)61-59(62-58)44-28-27-38-15-7-8-21-43(38)35-44/h1-37H. The van der Waals surface area contributed by atoms with E-state index < -0.39 is 0 Å². The van der Waals surface area contributed by atoms with Crippen molar-refractivity contribution in [3.05, 3.63) is 224 Å². The fourth-order valence-corrected chi connectivity index (χ4v) is 9.76. The summed E-state index contributed by atoms with van der Waals surface area (Å²) >= 11 is 0. The molecule has 0 saturated heterocycles. The van der Waals surface area contributed by atoms with E-state index in [2.05, 4.69) is 203 Å². The van der Waals surface area contributed by atoms with Crippen LogP contribution in [0.25, 0.3) is 122 Å². The van der Waals surface area contributed by atoms with E-state index in [0.717, 1.165) is 50.0 Å². The predicted molar refractivity (Wildman–Crippen MR) is 265 cm³/mol. The molecule has 0 spiro atoms. The lowest BCUT2D eigenvalue weighted by atomic mass is 10.0. The molecule has 298 valence electrons. The molecule has 0 radical (unpaired) electrons.